The molecule has 0 saturated heterocycles. The number of ether oxygens (including phenoxy) is 1. The molecule has 2 aromatic carbocycles. The molecule has 2 aromatic rings. The van der Waals surface area contributed by atoms with Crippen molar-refractivity contribution in [3.63, 3.8) is 0 Å². The zero-order valence-corrected chi connectivity index (χ0v) is 19.4. The van der Waals surface area contributed by atoms with E-state index in [4.69, 9.17) is 4.74 Å². The minimum atomic E-state index is -0.644. The number of aliphatic hydroxyl groups excluding tert-OH is 1. The maximum Gasteiger partial charge on any atom is 0.251 e. The fourth-order valence-electron chi connectivity index (χ4n) is 3.71. The Morgan fingerprint density at radius 1 is 1.15 bits per heavy atom. The van der Waals surface area contributed by atoms with Gasteiger partial charge in [0.05, 0.1) is 12.6 Å². The second-order valence-electron chi connectivity index (χ2n) is 8.46. The smallest absolute Gasteiger partial charge is 0.251 e. The van der Waals surface area contributed by atoms with Crippen molar-refractivity contribution in [2.24, 2.45) is 0 Å². The summed E-state index contributed by atoms with van der Waals surface area (Å²) in [6.07, 6.45) is 0.332. The topological polar surface area (TPSA) is 94.1 Å². The van der Waals surface area contributed by atoms with Gasteiger partial charge >= 0.3 is 0 Å². The number of fused-ring (bicyclic) bond motifs is 1. The lowest BCUT2D eigenvalue weighted by molar-refractivity contribution is -0.127. The van der Waals surface area contributed by atoms with Gasteiger partial charge in [0, 0.05) is 52.4 Å². The first-order chi connectivity index (χ1) is 15.9. The normalized spacial score (nSPS) is 14.3. The highest BCUT2D eigenvalue weighted by atomic mass is 16.5. The molecule has 1 aliphatic rings. The van der Waals surface area contributed by atoms with Gasteiger partial charge in [-0.15, -0.1) is 0 Å². The molecule has 0 spiro atoms. The number of carbonyl (C=O) groups is 2. The lowest BCUT2D eigenvalue weighted by Crippen LogP contribution is -2.42. The molecule has 0 saturated carbocycles. The number of aliphatic hydroxyl groups is 1. The van der Waals surface area contributed by atoms with E-state index >= 15 is 0 Å². The molecule has 0 aliphatic carbocycles. The first-order valence-electron chi connectivity index (χ1n) is 11.3. The molecule has 0 bridgehead atoms. The molecular weight excluding hydrogens is 420 g/mol. The summed E-state index contributed by atoms with van der Waals surface area (Å²) < 4.78 is 5.67. The average Bonchev–Trinajstić information content (AvgIpc) is 2.82. The summed E-state index contributed by atoms with van der Waals surface area (Å²) in [5, 5.41) is 16.3. The standard InChI is InChI=1S/C25H34N4O4/c1-28(2)24(31)16-26-11-13-33-23-9-5-8-20(14-23)25(32)27-15-22(30)18-29-12-10-19-6-3-4-7-21(19)17-29/h3-9,14,22,26,30H,10-13,15-18H2,1-2H3,(H,27,32). The number of benzene rings is 2. The van der Waals surface area contributed by atoms with Crippen molar-refractivity contribution in [2.45, 2.75) is 19.1 Å². The molecule has 3 N–H and O–H groups in total. The second kappa shape index (κ2) is 12.3. The van der Waals surface area contributed by atoms with Gasteiger partial charge in [-0.2, -0.15) is 0 Å². The molecule has 3 rings (SSSR count). The minimum absolute atomic E-state index is 0.000888. The largest absolute Gasteiger partial charge is 0.492 e. The van der Waals surface area contributed by atoms with E-state index in [-0.39, 0.29) is 24.9 Å². The Bertz CT molecular complexity index is 934. The Hall–Kier alpha value is -2.94. The van der Waals surface area contributed by atoms with E-state index in [9.17, 15) is 14.7 Å². The molecule has 178 valence electrons. The molecule has 1 heterocycles. The van der Waals surface area contributed by atoms with Crippen molar-refractivity contribution in [2.75, 3.05) is 53.4 Å². The Morgan fingerprint density at radius 2 is 1.94 bits per heavy atom. The molecule has 8 nitrogen and oxygen atoms in total. The van der Waals surface area contributed by atoms with Gasteiger partial charge in [-0.05, 0) is 35.7 Å². The predicted molar refractivity (Wildman–Crippen MR) is 127 cm³/mol. The van der Waals surface area contributed by atoms with Crippen molar-refractivity contribution in [1.82, 2.24) is 20.4 Å². The predicted octanol–water partition coefficient (Wildman–Crippen LogP) is 0.892. The van der Waals surface area contributed by atoms with Crippen LogP contribution in [0.25, 0.3) is 0 Å². The summed E-state index contributed by atoms with van der Waals surface area (Å²) in [5.41, 5.74) is 3.15. The molecule has 2 amide bonds. The van der Waals surface area contributed by atoms with Gasteiger partial charge in [0.1, 0.15) is 12.4 Å². The van der Waals surface area contributed by atoms with Gasteiger partial charge in [0.15, 0.2) is 0 Å². The lowest BCUT2D eigenvalue weighted by atomic mass is 10.00. The van der Waals surface area contributed by atoms with E-state index < -0.39 is 6.10 Å². The van der Waals surface area contributed by atoms with Gasteiger partial charge in [-0.1, -0.05) is 30.3 Å². The Morgan fingerprint density at radius 3 is 2.73 bits per heavy atom. The van der Waals surface area contributed by atoms with E-state index in [0.717, 1.165) is 19.5 Å². The van der Waals surface area contributed by atoms with Crippen LogP contribution in [0.1, 0.15) is 21.5 Å². The highest BCUT2D eigenvalue weighted by Crippen LogP contribution is 2.18. The van der Waals surface area contributed by atoms with Gasteiger partial charge in [0.25, 0.3) is 5.91 Å². The van der Waals surface area contributed by atoms with E-state index in [1.54, 1.807) is 38.4 Å². The van der Waals surface area contributed by atoms with Crippen molar-refractivity contribution in [1.29, 1.82) is 0 Å². The van der Waals surface area contributed by atoms with Gasteiger partial charge in [0.2, 0.25) is 5.91 Å². The van der Waals surface area contributed by atoms with E-state index in [1.165, 1.54) is 16.0 Å². The molecule has 1 unspecified atom stereocenters. The van der Waals surface area contributed by atoms with Crippen LogP contribution in [-0.2, 0) is 17.8 Å². The van der Waals surface area contributed by atoms with Crippen LogP contribution in [0.2, 0.25) is 0 Å². The number of nitrogens with zero attached hydrogens (tertiary/aromatic N) is 2. The highest BCUT2D eigenvalue weighted by Gasteiger charge is 2.19. The maximum atomic E-state index is 12.5. The van der Waals surface area contributed by atoms with Gasteiger partial charge < -0.3 is 25.4 Å². The first kappa shape index (κ1) is 24.7. The van der Waals surface area contributed by atoms with E-state index in [0.29, 0.717) is 31.0 Å². The molecule has 1 aliphatic heterocycles. The summed E-state index contributed by atoms with van der Waals surface area (Å²) in [6, 6.07) is 15.3. The zero-order valence-electron chi connectivity index (χ0n) is 19.4. The summed E-state index contributed by atoms with van der Waals surface area (Å²) in [5.74, 6) is 0.329. The molecule has 8 heteroatoms. The number of nitrogens with one attached hydrogen (secondary N) is 2. The lowest BCUT2D eigenvalue weighted by Gasteiger charge is -2.30. The fourth-order valence-corrected chi connectivity index (χ4v) is 3.71. The second-order valence-corrected chi connectivity index (χ2v) is 8.46. The minimum Gasteiger partial charge on any atom is -0.492 e. The number of hydrogen-bond donors (Lipinski definition) is 3. The van der Waals surface area contributed by atoms with Crippen LogP contribution < -0.4 is 15.4 Å². The quantitative estimate of drug-likeness (QED) is 0.437. The molecule has 33 heavy (non-hydrogen) atoms. The van der Waals surface area contributed by atoms with Crippen molar-refractivity contribution in [3.8, 4) is 5.75 Å². The third-order valence-electron chi connectivity index (χ3n) is 5.60. The van der Waals surface area contributed by atoms with Crippen LogP contribution in [0.5, 0.6) is 5.75 Å². The number of amides is 2. The molecule has 1 atom stereocenters. The van der Waals surface area contributed by atoms with E-state index in [2.05, 4.69) is 33.7 Å². The summed E-state index contributed by atoms with van der Waals surface area (Å²) in [6.45, 7) is 3.57. The van der Waals surface area contributed by atoms with Crippen LogP contribution in [0.3, 0.4) is 0 Å². The molecule has 0 radical (unpaired) electrons. The van der Waals surface area contributed by atoms with Crippen LogP contribution in [0.15, 0.2) is 48.5 Å². The monoisotopic (exact) mass is 454 g/mol. The number of likely N-dealkylation sites (N-methyl/N-ethyl adjacent to an activating group) is 1. The van der Waals surface area contributed by atoms with Gasteiger partial charge in [-0.25, -0.2) is 0 Å². The number of carbonyl (C=O) groups excluding carboxylic acids is 2. The average molecular weight is 455 g/mol. The summed E-state index contributed by atoms with van der Waals surface area (Å²) in [4.78, 5) is 27.8. The third kappa shape index (κ3) is 7.85. The van der Waals surface area contributed by atoms with Crippen molar-refractivity contribution in [3.05, 3.63) is 65.2 Å². The molecular formula is C25H34N4O4. The van der Waals surface area contributed by atoms with Crippen molar-refractivity contribution < 1.29 is 19.4 Å². The van der Waals surface area contributed by atoms with Gasteiger partial charge in [-0.3, -0.25) is 14.5 Å². The summed E-state index contributed by atoms with van der Waals surface area (Å²) >= 11 is 0. The Labute approximate surface area is 195 Å². The Balaban J connectivity index is 1.38. The first-order valence-corrected chi connectivity index (χ1v) is 11.3. The highest BCUT2D eigenvalue weighted by molar-refractivity contribution is 5.94. The van der Waals surface area contributed by atoms with Crippen LogP contribution in [-0.4, -0.2) is 86.3 Å². The fraction of sp³-hybridized carbons (Fsp3) is 0.440. The van der Waals surface area contributed by atoms with Crippen LogP contribution in [0.4, 0.5) is 0 Å². The number of rotatable bonds is 11. The Kier molecular flexibility index (Phi) is 9.24. The molecule has 0 aromatic heterocycles. The van der Waals surface area contributed by atoms with E-state index in [1.807, 2.05) is 6.07 Å². The SMILES string of the molecule is CN(C)C(=O)CNCCOc1cccc(C(=O)NCC(O)CN2CCc3ccccc3C2)c1. The van der Waals surface area contributed by atoms with Crippen LogP contribution in [0, 0.1) is 0 Å². The van der Waals surface area contributed by atoms with Crippen LogP contribution >= 0.6 is 0 Å². The molecule has 0 fully saturated rings. The number of β-amino-alcohol motifs (C(OH)–C–C–N with tert-alkyl or cyclic N) is 1. The maximum absolute atomic E-state index is 12.5. The van der Waals surface area contributed by atoms with Crippen molar-refractivity contribution >= 4 is 11.8 Å². The summed E-state index contributed by atoms with van der Waals surface area (Å²) in [7, 11) is 3.42. The number of hydrogen-bond acceptors (Lipinski definition) is 6. The third-order valence-corrected chi connectivity index (χ3v) is 5.60. The zero-order chi connectivity index (χ0) is 23.6.